The van der Waals surface area contributed by atoms with Gasteiger partial charge in [0, 0.05) is 0 Å². The fraction of sp³-hybridized carbons (Fsp3) is 0.400. The minimum atomic E-state index is -1.28. The predicted octanol–water partition coefficient (Wildman–Crippen LogP) is 2.53. The summed E-state index contributed by atoms with van der Waals surface area (Å²) in [5.74, 6) is 0. The predicted molar refractivity (Wildman–Crippen MR) is 53.7 cm³/mol. The first-order chi connectivity index (χ1) is 6.34. The van der Waals surface area contributed by atoms with Crippen LogP contribution in [-0.2, 0) is 15.3 Å². The van der Waals surface area contributed by atoms with Gasteiger partial charge in [-0.1, -0.05) is 31.5 Å². The SMILES string of the molecule is CCCCO[S@@](=O)c1ccccc1. The van der Waals surface area contributed by atoms with Crippen molar-refractivity contribution in [3.8, 4) is 0 Å². The fourth-order valence-electron chi connectivity index (χ4n) is 0.879. The van der Waals surface area contributed by atoms with E-state index < -0.39 is 11.1 Å². The molecule has 2 nitrogen and oxygen atoms in total. The van der Waals surface area contributed by atoms with Crippen LogP contribution in [0.5, 0.6) is 0 Å². The molecule has 0 saturated carbocycles. The lowest BCUT2D eigenvalue weighted by Gasteiger charge is -2.01. The summed E-state index contributed by atoms with van der Waals surface area (Å²) in [6, 6.07) is 9.23. The Kier molecular flexibility index (Phi) is 4.72. The number of unbranched alkanes of at least 4 members (excludes halogenated alkanes) is 1. The van der Waals surface area contributed by atoms with Gasteiger partial charge in [-0.3, -0.25) is 4.18 Å². The summed E-state index contributed by atoms with van der Waals surface area (Å²) >= 11 is -1.28. The second-order valence-electron chi connectivity index (χ2n) is 2.72. The monoisotopic (exact) mass is 198 g/mol. The second-order valence-corrected chi connectivity index (χ2v) is 3.90. The zero-order valence-electron chi connectivity index (χ0n) is 7.73. The summed E-state index contributed by atoms with van der Waals surface area (Å²) in [4.78, 5) is 0.735. The largest absolute Gasteiger partial charge is 0.287 e. The van der Waals surface area contributed by atoms with Gasteiger partial charge in [0.1, 0.15) is 0 Å². The van der Waals surface area contributed by atoms with Crippen LogP contribution in [0.15, 0.2) is 35.2 Å². The van der Waals surface area contributed by atoms with Crippen molar-refractivity contribution in [2.75, 3.05) is 6.61 Å². The molecule has 0 bridgehead atoms. The van der Waals surface area contributed by atoms with Gasteiger partial charge in [-0.15, -0.1) is 0 Å². The van der Waals surface area contributed by atoms with Gasteiger partial charge < -0.3 is 0 Å². The van der Waals surface area contributed by atoms with E-state index in [1.807, 2.05) is 30.3 Å². The molecule has 72 valence electrons. The Hall–Kier alpha value is -0.670. The fourth-order valence-corrected chi connectivity index (χ4v) is 1.66. The highest BCUT2D eigenvalue weighted by Crippen LogP contribution is 2.06. The van der Waals surface area contributed by atoms with Crippen LogP contribution in [0, 0.1) is 0 Å². The number of hydrogen-bond donors (Lipinski definition) is 0. The molecule has 0 spiro atoms. The van der Waals surface area contributed by atoms with Crippen molar-refractivity contribution in [3.63, 3.8) is 0 Å². The normalized spacial score (nSPS) is 12.7. The number of rotatable bonds is 5. The van der Waals surface area contributed by atoms with Gasteiger partial charge in [-0.25, -0.2) is 4.21 Å². The molecule has 1 aromatic rings. The molecule has 0 radical (unpaired) electrons. The van der Waals surface area contributed by atoms with E-state index >= 15 is 0 Å². The van der Waals surface area contributed by atoms with E-state index in [0.717, 1.165) is 17.7 Å². The van der Waals surface area contributed by atoms with E-state index in [4.69, 9.17) is 4.18 Å². The standard InChI is InChI=1S/C10H14O2S/c1-2-3-9-12-13(11)10-7-5-4-6-8-10/h4-8H,2-3,9H2,1H3/t13-/m1/s1. The molecule has 0 fully saturated rings. The Morgan fingerprint density at radius 3 is 2.62 bits per heavy atom. The average Bonchev–Trinajstić information content (AvgIpc) is 2.19. The molecule has 0 unspecified atom stereocenters. The molecular weight excluding hydrogens is 184 g/mol. The lowest BCUT2D eigenvalue weighted by Crippen LogP contribution is -1.99. The summed E-state index contributed by atoms with van der Waals surface area (Å²) in [5.41, 5.74) is 0. The van der Waals surface area contributed by atoms with Crippen LogP contribution in [0.4, 0.5) is 0 Å². The second kappa shape index (κ2) is 5.89. The Labute approximate surface area is 81.6 Å². The Balaban J connectivity index is 2.40. The maximum Gasteiger partial charge on any atom is 0.189 e. The molecule has 0 N–H and O–H groups in total. The van der Waals surface area contributed by atoms with Crippen molar-refractivity contribution in [2.24, 2.45) is 0 Å². The van der Waals surface area contributed by atoms with Crippen LogP contribution < -0.4 is 0 Å². The first kappa shape index (κ1) is 10.4. The third kappa shape index (κ3) is 3.70. The van der Waals surface area contributed by atoms with Crippen molar-refractivity contribution < 1.29 is 8.39 Å². The van der Waals surface area contributed by atoms with E-state index in [1.54, 1.807) is 0 Å². The summed E-state index contributed by atoms with van der Waals surface area (Å²) in [7, 11) is 0. The molecule has 0 saturated heterocycles. The van der Waals surface area contributed by atoms with Gasteiger partial charge in [0.05, 0.1) is 11.5 Å². The van der Waals surface area contributed by atoms with Crippen LogP contribution in [0.3, 0.4) is 0 Å². The summed E-state index contributed by atoms with van der Waals surface area (Å²) in [6.07, 6.45) is 2.02. The van der Waals surface area contributed by atoms with Crippen LogP contribution in [-0.4, -0.2) is 10.8 Å². The van der Waals surface area contributed by atoms with E-state index in [9.17, 15) is 4.21 Å². The van der Waals surface area contributed by atoms with Crippen molar-refractivity contribution in [3.05, 3.63) is 30.3 Å². The van der Waals surface area contributed by atoms with Crippen LogP contribution in [0.1, 0.15) is 19.8 Å². The molecule has 0 heterocycles. The van der Waals surface area contributed by atoms with Crippen molar-refractivity contribution >= 4 is 11.1 Å². The maximum atomic E-state index is 11.4. The molecule has 3 heteroatoms. The summed E-state index contributed by atoms with van der Waals surface area (Å²) in [5, 5.41) is 0. The zero-order valence-corrected chi connectivity index (χ0v) is 8.55. The number of benzene rings is 1. The van der Waals surface area contributed by atoms with Gasteiger partial charge >= 0.3 is 0 Å². The lowest BCUT2D eigenvalue weighted by atomic mass is 10.4. The topological polar surface area (TPSA) is 26.3 Å². The van der Waals surface area contributed by atoms with Crippen molar-refractivity contribution in [2.45, 2.75) is 24.7 Å². The first-order valence-corrected chi connectivity index (χ1v) is 5.52. The third-order valence-electron chi connectivity index (χ3n) is 1.62. The third-order valence-corrected chi connectivity index (χ3v) is 2.66. The molecule has 13 heavy (non-hydrogen) atoms. The summed E-state index contributed by atoms with van der Waals surface area (Å²) < 4.78 is 16.5. The Morgan fingerprint density at radius 2 is 2.00 bits per heavy atom. The van der Waals surface area contributed by atoms with Crippen molar-refractivity contribution in [1.29, 1.82) is 0 Å². The highest BCUT2D eigenvalue weighted by Gasteiger charge is 2.01. The molecule has 0 aromatic heterocycles. The van der Waals surface area contributed by atoms with Crippen LogP contribution in [0.2, 0.25) is 0 Å². The van der Waals surface area contributed by atoms with Gasteiger partial charge in [-0.05, 0) is 18.6 Å². The van der Waals surface area contributed by atoms with Gasteiger partial charge in [-0.2, -0.15) is 0 Å². The Bertz CT molecular complexity index is 259. The molecule has 0 aliphatic carbocycles. The van der Waals surface area contributed by atoms with Gasteiger partial charge in [0.15, 0.2) is 11.1 Å². The summed E-state index contributed by atoms with van der Waals surface area (Å²) in [6.45, 7) is 2.65. The Morgan fingerprint density at radius 1 is 1.31 bits per heavy atom. The zero-order chi connectivity index (χ0) is 9.52. The van der Waals surface area contributed by atoms with Crippen molar-refractivity contribution in [1.82, 2.24) is 0 Å². The lowest BCUT2D eigenvalue weighted by molar-refractivity contribution is 0.338. The minimum absolute atomic E-state index is 0.567. The highest BCUT2D eigenvalue weighted by molar-refractivity contribution is 7.80. The van der Waals surface area contributed by atoms with E-state index in [2.05, 4.69) is 6.92 Å². The molecule has 0 aliphatic heterocycles. The van der Waals surface area contributed by atoms with E-state index in [1.165, 1.54) is 0 Å². The van der Waals surface area contributed by atoms with E-state index in [-0.39, 0.29) is 0 Å². The molecule has 0 aliphatic rings. The van der Waals surface area contributed by atoms with Gasteiger partial charge in [0.2, 0.25) is 0 Å². The molecular formula is C10H14O2S. The van der Waals surface area contributed by atoms with Crippen LogP contribution in [0.25, 0.3) is 0 Å². The minimum Gasteiger partial charge on any atom is -0.287 e. The average molecular weight is 198 g/mol. The van der Waals surface area contributed by atoms with Crippen LogP contribution >= 0.6 is 0 Å². The van der Waals surface area contributed by atoms with E-state index in [0.29, 0.717) is 6.61 Å². The maximum absolute atomic E-state index is 11.4. The smallest absolute Gasteiger partial charge is 0.189 e. The first-order valence-electron chi connectivity index (χ1n) is 4.44. The van der Waals surface area contributed by atoms with Gasteiger partial charge in [0.25, 0.3) is 0 Å². The molecule has 1 atom stereocenters. The molecule has 1 aromatic carbocycles. The number of hydrogen-bond acceptors (Lipinski definition) is 2. The quantitative estimate of drug-likeness (QED) is 0.679. The highest BCUT2D eigenvalue weighted by atomic mass is 32.2. The molecule has 1 rings (SSSR count). The molecule has 0 amide bonds.